The molecule has 0 aromatic carbocycles. The molecule has 3 rings (SSSR count). The third-order valence-corrected chi connectivity index (χ3v) is 4.35. The lowest BCUT2D eigenvalue weighted by Crippen LogP contribution is -2.41. The van der Waals surface area contributed by atoms with Gasteiger partial charge in [0.2, 0.25) is 0 Å². The third kappa shape index (κ3) is 2.76. The lowest BCUT2D eigenvalue weighted by Gasteiger charge is -2.29. The molecule has 0 radical (unpaired) electrons. The van der Waals surface area contributed by atoms with Crippen LogP contribution in [0.1, 0.15) is 32.1 Å². The van der Waals surface area contributed by atoms with Gasteiger partial charge < -0.3 is 5.32 Å². The van der Waals surface area contributed by atoms with E-state index in [0.29, 0.717) is 24.5 Å². The van der Waals surface area contributed by atoms with Gasteiger partial charge in [-0.1, -0.05) is 0 Å². The van der Waals surface area contributed by atoms with Gasteiger partial charge in [0.1, 0.15) is 0 Å². The summed E-state index contributed by atoms with van der Waals surface area (Å²) in [6.45, 7) is -0.0795. The van der Waals surface area contributed by atoms with Crippen LogP contribution in [0.5, 0.6) is 0 Å². The van der Waals surface area contributed by atoms with Crippen LogP contribution < -0.4 is 5.32 Å². The normalized spacial score (nSPS) is 37.1. The van der Waals surface area contributed by atoms with Crippen molar-refractivity contribution in [2.75, 3.05) is 13.1 Å². The van der Waals surface area contributed by atoms with Crippen LogP contribution in [0.3, 0.4) is 0 Å². The summed E-state index contributed by atoms with van der Waals surface area (Å²) in [4.78, 5) is 1.67. The van der Waals surface area contributed by atoms with Crippen molar-refractivity contribution in [1.82, 2.24) is 10.2 Å². The van der Waals surface area contributed by atoms with E-state index in [2.05, 4.69) is 5.32 Å². The van der Waals surface area contributed by atoms with Gasteiger partial charge >= 0.3 is 6.18 Å². The Balaban J connectivity index is 1.57. The molecule has 0 spiro atoms. The Bertz CT molecular complexity index is 288. The summed E-state index contributed by atoms with van der Waals surface area (Å²) in [6, 6.07) is 1.27. The van der Waals surface area contributed by atoms with E-state index in [1.54, 1.807) is 4.90 Å². The highest BCUT2D eigenvalue weighted by molar-refractivity contribution is 4.99. The number of hydrogen-bond acceptors (Lipinski definition) is 2. The summed E-state index contributed by atoms with van der Waals surface area (Å²) in [5.74, 6) is 0.441. The van der Waals surface area contributed by atoms with Crippen molar-refractivity contribution in [3.05, 3.63) is 0 Å². The van der Waals surface area contributed by atoms with Crippen LogP contribution >= 0.6 is 0 Å². The monoisotopic (exact) mass is 248 g/mol. The quantitative estimate of drug-likeness (QED) is 0.820. The minimum Gasteiger partial charge on any atom is -0.311 e. The van der Waals surface area contributed by atoms with Crippen molar-refractivity contribution in [2.24, 2.45) is 5.92 Å². The second-order valence-corrected chi connectivity index (χ2v) is 5.82. The highest BCUT2D eigenvalue weighted by Crippen LogP contribution is 2.37. The summed E-state index contributed by atoms with van der Waals surface area (Å²) in [5, 5.41) is 3.50. The van der Waals surface area contributed by atoms with Gasteiger partial charge in [0.05, 0.1) is 6.54 Å². The lowest BCUT2D eigenvalue weighted by atomic mass is 9.89. The highest BCUT2D eigenvalue weighted by Gasteiger charge is 2.44. The molecule has 3 unspecified atom stereocenters. The standard InChI is InChI=1S/C12H19F3N2/c13-12(14,15)7-17(10-2-3-10)6-8-5-9-1-4-11(8)16-9/h8-11,16H,1-7H2. The minimum absolute atomic E-state index is 0.204. The average molecular weight is 248 g/mol. The zero-order valence-electron chi connectivity index (χ0n) is 9.84. The highest BCUT2D eigenvalue weighted by atomic mass is 19.4. The molecular formula is C12H19F3N2. The molecule has 2 nitrogen and oxygen atoms in total. The zero-order chi connectivity index (χ0) is 12.0. The van der Waals surface area contributed by atoms with Gasteiger partial charge in [0, 0.05) is 24.7 Å². The predicted octanol–water partition coefficient (Wildman–Crippen LogP) is 2.15. The Morgan fingerprint density at radius 3 is 2.35 bits per heavy atom. The van der Waals surface area contributed by atoms with E-state index in [4.69, 9.17) is 0 Å². The van der Waals surface area contributed by atoms with Crippen molar-refractivity contribution >= 4 is 0 Å². The minimum atomic E-state index is -4.05. The zero-order valence-corrected chi connectivity index (χ0v) is 9.84. The number of fused-ring (bicyclic) bond motifs is 2. The molecule has 0 aromatic rings. The molecule has 3 atom stereocenters. The predicted molar refractivity (Wildman–Crippen MR) is 58.7 cm³/mol. The second-order valence-electron chi connectivity index (χ2n) is 5.82. The van der Waals surface area contributed by atoms with Crippen LogP contribution in [0.15, 0.2) is 0 Å². The van der Waals surface area contributed by atoms with Crippen LogP contribution in [-0.4, -0.2) is 42.3 Å². The first kappa shape index (κ1) is 11.8. The molecule has 2 bridgehead atoms. The van der Waals surface area contributed by atoms with Crippen molar-refractivity contribution in [3.63, 3.8) is 0 Å². The first-order valence-corrected chi connectivity index (χ1v) is 6.58. The maximum atomic E-state index is 12.5. The molecule has 0 aromatic heterocycles. The fourth-order valence-electron chi connectivity index (χ4n) is 3.45. The van der Waals surface area contributed by atoms with E-state index >= 15 is 0 Å². The maximum Gasteiger partial charge on any atom is 0.401 e. The molecule has 2 saturated heterocycles. The van der Waals surface area contributed by atoms with E-state index < -0.39 is 12.7 Å². The molecule has 17 heavy (non-hydrogen) atoms. The Kier molecular flexibility index (Phi) is 2.86. The van der Waals surface area contributed by atoms with E-state index in [9.17, 15) is 13.2 Å². The van der Waals surface area contributed by atoms with Crippen LogP contribution in [0.25, 0.3) is 0 Å². The first-order valence-electron chi connectivity index (χ1n) is 6.58. The summed E-state index contributed by atoms with van der Waals surface area (Å²) >= 11 is 0. The van der Waals surface area contributed by atoms with Gasteiger partial charge in [-0.15, -0.1) is 0 Å². The van der Waals surface area contributed by atoms with Gasteiger partial charge in [-0.2, -0.15) is 13.2 Å². The summed E-state index contributed by atoms with van der Waals surface area (Å²) in [7, 11) is 0. The lowest BCUT2D eigenvalue weighted by molar-refractivity contribution is -0.148. The fraction of sp³-hybridized carbons (Fsp3) is 1.00. The average Bonchev–Trinajstić information content (AvgIpc) is 2.87. The summed E-state index contributed by atoms with van der Waals surface area (Å²) in [6.07, 6.45) is 1.29. The smallest absolute Gasteiger partial charge is 0.311 e. The topological polar surface area (TPSA) is 15.3 Å². The molecular weight excluding hydrogens is 229 g/mol. The molecule has 3 aliphatic rings. The second kappa shape index (κ2) is 4.12. The van der Waals surface area contributed by atoms with Crippen molar-refractivity contribution in [1.29, 1.82) is 0 Å². The summed E-state index contributed by atoms with van der Waals surface area (Å²) in [5.41, 5.74) is 0. The van der Waals surface area contributed by atoms with Crippen LogP contribution in [0.2, 0.25) is 0 Å². The van der Waals surface area contributed by atoms with Gasteiger partial charge in [0.15, 0.2) is 0 Å². The number of hydrogen-bond donors (Lipinski definition) is 1. The SMILES string of the molecule is FC(F)(F)CN(CC1CC2CCC1N2)C1CC1. The summed E-state index contributed by atoms with van der Waals surface area (Å²) < 4.78 is 37.5. The van der Waals surface area contributed by atoms with Gasteiger partial charge in [-0.3, -0.25) is 4.90 Å². The van der Waals surface area contributed by atoms with Crippen LogP contribution in [-0.2, 0) is 0 Å². The Hall–Kier alpha value is -0.290. The Labute approximate surface area is 99.5 Å². The van der Waals surface area contributed by atoms with Gasteiger partial charge in [-0.25, -0.2) is 0 Å². The van der Waals surface area contributed by atoms with Crippen LogP contribution in [0.4, 0.5) is 13.2 Å². The fourth-order valence-corrected chi connectivity index (χ4v) is 3.45. The molecule has 1 saturated carbocycles. The molecule has 1 aliphatic carbocycles. The van der Waals surface area contributed by atoms with Crippen molar-refractivity contribution < 1.29 is 13.2 Å². The Morgan fingerprint density at radius 2 is 1.88 bits per heavy atom. The number of alkyl halides is 3. The van der Waals surface area contributed by atoms with Crippen molar-refractivity contribution in [2.45, 2.75) is 56.4 Å². The molecule has 0 amide bonds. The van der Waals surface area contributed by atoms with Gasteiger partial charge in [0.25, 0.3) is 0 Å². The molecule has 1 N–H and O–H groups in total. The number of nitrogens with one attached hydrogen (secondary N) is 1. The van der Waals surface area contributed by atoms with E-state index in [0.717, 1.165) is 25.7 Å². The molecule has 98 valence electrons. The molecule has 5 heteroatoms. The Morgan fingerprint density at radius 1 is 1.12 bits per heavy atom. The largest absolute Gasteiger partial charge is 0.401 e. The van der Waals surface area contributed by atoms with E-state index in [1.165, 1.54) is 6.42 Å². The maximum absolute atomic E-state index is 12.5. The molecule has 2 aliphatic heterocycles. The van der Waals surface area contributed by atoms with E-state index in [1.807, 2.05) is 0 Å². The number of rotatable bonds is 4. The van der Waals surface area contributed by atoms with Crippen molar-refractivity contribution in [3.8, 4) is 0 Å². The number of halogens is 3. The first-order chi connectivity index (χ1) is 8.01. The molecule has 2 heterocycles. The van der Waals surface area contributed by atoms with E-state index in [-0.39, 0.29) is 6.04 Å². The third-order valence-electron chi connectivity index (χ3n) is 4.35. The van der Waals surface area contributed by atoms with Crippen LogP contribution in [0, 0.1) is 5.92 Å². The molecule has 3 fully saturated rings. The number of nitrogens with zero attached hydrogens (tertiary/aromatic N) is 1. The van der Waals surface area contributed by atoms with Gasteiger partial charge in [-0.05, 0) is 38.0 Å².